The highest BCUT2D eigenvalue weighted by atomic mass is 16.5. The number of nitrogens with one attached hydrogen (secondary N) is 2. The van der Waals surface area contributed by atoms with E-state index in [1.165, 1.54) is 51.4 Å². The number of hydrogen-bond acceptors (Lipinski definition) is 2. The topological polar surface area (TPSA) is 45.7 Å². The third-order valence-corrected chi connectivity index (χ3v) is 4.10. The molecule has 0 amide bonds. The first-order valence-electron chi connectivity index (χ1n) is 8.52. The second kappa shape index (κ2) is 9.22. The van der Waals surface area contributed by atoms with Crippen LogP contribution in [0.3, 0.4) is 0 Å². The second-order valence-corrected chi connectivity index (χ2v) is 6.07. The molecule has 0 aromatic rings. The molecule has 0 saturated heterocycles. The quantitative estimate of drug-likeness (QED) is 0.326. The Bertz CT molecular complexity index is 281. The van der Waals surface area contributed by atoms with E-state index in [0.717, 1.165) is 38.1 Å². The molecular formula is C16H31N3O. The van der Waals surface area contributed by atoms with E-state index in [2.05, 4.69) is 22.5 Å². The Morgan fingerprint density at radius 3 is 2.45 bits per heavy atom. The SMILES string of the molecule is CCNC(=NCC1CC1)NCCOC1CCCCCC1. The molecule has 0 aliphatic heterocycles. The zero-order chi connectivity index (χ0) is 14.0. The van der Waals surface area contributed by atoms with E-state index in [-0.39, 0.29) is 0 Å². The Morgan fingerprint density at radius 1 is 1.05 bits per heavy atom. The Balaban J connectivity index is 1.58. The molecular weight excluding hydrogens is 250 g/mol. The molecule has 0 atom stereocenters. The molecule has 20 heavy (non-hydrogen) atoms. The predicted octanol–water partition coefficient (Wildman–Crippen LogP) is 2.69. The van der Waals surface area contributed by atoms with Gasteiger partial charge in [-0.05, 0) is 38.5 Å². The van der Waals surface area contributed by atoms with Crippen molar-refractivity contribution >= 4 is 5.96 Å². The molecule has 2 saturated carbocycles. The maximum atomic E-state index is 5.98. The Kier molecular flexibility index (Phi) is 7.20. The summed E-state index contributed by atoms with van der Waals surface area (Å²) in [5.74, 6) is 1.79. The molecule has 0 radical (unpaired) electrons. The van der Waals surface area contributed by atoms with Gasteiger partial charge in [0, 0.05) is 19.6 Å². The standard InChI is InChI=1S/C16H31N3O/c1-2-17-16(19-13-14-9-10-14)18-11-12-20-15-7-5-3-4-6-8-15/h14-15H,2-13H2,1H3,(H2,17,18,19). The number of hydrogen-bond donors (Lipinski definition) is 2. The van der Waals surface area contributed by atoms with Gasteiger partial charge in [-0.3, -0.25) is 4.99 Å². The number of rotatable bonds is 7. The van der Waals surface area contributed by atoms with Crippen molar-refractivity contribution in [3.05, 3.63) is 0 Å². The summed E-state index contributed by atoms with van der Waals surface area (Å²) in [5, 5.41) is 6.67. The molecule has 2 N–H and O–H groups in total. The number of guanidine groups is 1. The summed E-state index contributed by atoms with van der Waals surface area (Å²) >= 11 is 0. The highest BCUT2D eigenvalue weighted by Gasteiger charge is 2.20. The molecule has 2 fully saturated rings. The Morgan fingerprint density at radius 2 is 1.80 bits per heavy atom. The minimum Gasteiger partial charge on any atom is -0.376 e. The molecule has 0 aromatic heterocycles. The van der Waals surface area contributed by atoms with Crippen molar-refractivity contribution in [3.63, 3.8) is 0 Å². The third-order valence-electron chi connectivity index (χ3n) is 4.10. The van der Waals surface area contributed by atoms with Gasteiger partial charge in [0.15, 0.2) is 5.96 Å². The van der Waals surface area contributed by atoms with Crippen molar-refractivity contribution in [3.8, 4) is 0 Å². The van der Waals surface area contributed by atoms with E-state index in [0.29, 0.717) is 6.10 Å². The molecule has 4 heteroatoms. The van der Waals surface area contributed by atoms with Gasteiger partial charge in [-0.1, -0.05) is 25.7 Å². The van der Waals surface area contributed by atoms with Crippen LogP contribution < -0.4 is 10.6 Å². The summed E-state index contributed by atoms with van der Waals surface area (Å²) in [6.07, 6.45) is 11.1. The first-order chi connectivity index (χ1) is 9.88. The average Bonchev–Trinajstić information content (AvgIpc) is 3.27. The van der Waals surface area contributed by atoms with Crippen LogP contribution in [-0.4, -0.2) is 38.3 Å². The highest BCUT2D eigenvalue weighted by Crippen LogP contribution is 2.28. The second-order valence-electron chi connectivity index (χ2n) is 6.07. The van der Waals surface area contributed by atoms with Crippen molar-refractivity contribution in [2.24, 2.45) is 10.9 Å². The molecule has 0 heterocycles. The van der Waals surface area contributed by atoms with Crippen LogP contribution in [0.25, 0.3) is 0 Å². The summed E-state index contributed by atoms with van der Waals surface area (Å²) in [6.45, 7) is 5.64. The van der Waals surface area contributed by atoms with Gasteiger partial charge in [-0.2, -0.15) is 0 Å². The molecule has 0 aromatic carbocycles. The third kappa shape index (κ3) is 6.60. The fraction of sp³-hybridized carbons (Fsp3) is 0.938. The lowest BCUT2D eigenvalue weighted by Crippen LogP contribution is -2.39. The molecule has 116 valence electrons. The number of nitrogens with zero attached hydrogens (tertiary/aromatic N) is 1. The molecule has 2 rings (SSSR count). The van der Waals surface area contributed by atoms with E-state index >= 15 is 0 Å². The largest absolute Gasteiger partial charge is 0.376 e. The van der Waals surface area contributed by atoms with Gasteiger partial charge >= 0.3 is 0 Å². The van der Waals surface area contributed by atoms with Crippen LogP contribution in [0.1, 0.15) is 58.3 Å². The van der Waals surface area contributed by atoms with Crippen molar-refractivity contribution in [1.29, 1.82) is 0 Å². The van der Waals surface area contributed by atoms with E-state index in [4.69, 9.17) is 4.74 Å². The van der Waals surface area contributed by atoms with Gasteiger partial charge < -0.3 is 15.4 Å². The predicted molar refractivity (Wildman–Crippen MR) is 84.1 cm³/mol. The van der Waals surface area contributed by atoms with Crippen LogP contribution in [0, 0.1) is 5.92 Å². The minimum atomic E-state index is 0.491. The summed E-state index contributed by atoms with van der Waals surface area (Å²) in [5.41, 5.74) is 0. The van der Waals surface area contributed by atoms with Crippen LogP contribution in [0.2, 0.25) is 0 Å². The number of ether oxygens (including phenoxy) is 1. The van der Waals surface area contributed by atoms with Gasteiger partial charge in [-0.15, -0.1) is 0 Å². The fourth-order valence-corrected chi connectivity index (χ4v) is 2.67. The summed E-state index contributed by atoms with van der Waals surface area (Å²) in [6, 6.07) is 0. The van der Waals surface area contributed by atoms with Crippen molar-refractivity contribution in [1.82, 2.24) is 10.6 Å². The van der Waals surface area contributed by atoms with Crippen molar-refractivity contribution in [2.75, 3.05) is 26.2 Å². The van der Waals surface area contributed by atoms with E-state index in [9.17, 15) is 0 Å². The Hall–Kier alpha value is -0.770. The molecule has 4 nitrogen and oxygen atoms in total. The lowest BCUT2D eigenvalue weighted by atomic mass is 10.1. The van der Waals surface area contributed by atoms with Gasteiger partial charge in [0.1, 0.15) is 0 Å². The summed E-state index contributed by atoms with van der Waals surface area (Å²) in [4.78, 5) is 4.61. The highest BCUT2D eigenvalue weighted by molar-refractivity contribution is 5.79. The summed E-state index contributed by atoms with van der Waals surface area (Å²) in [7, 11) is 0. The first-order valence-corrected chi connectivity index (χ1v) is 8.52. The van der Waals surface area contributed by atoms with Crippen molar-refractivity contribution in [2.45, 2.75) is 64.4 Å². The summed E-state index contributed by atoms with van der Waals surface area (Å²) < 4.78 is 5.98. The maximum absolute atomic E-state index is 5.98. The number of aliphatic imine (C=N–C) groups is 1. The van der Waals surface area contributed by atoms with Crippen LogP contribution >= 0.6 is 0 Å². The fourth-order valence-electron chi connectivity index (χ4n) is 2.67. The monoisotopic (exact) mass is 281 g/mol. The van der Waals surface area contributed by atoms with Gasteiger partial charge in [0.2, 0.25) is 0 Å². The van der Waals surface area contributed by atoms with E-state index < -0.39 is 0 Å². The van der Waals surface area contributed by atoms with E-state index in [1.54, 1.807) is 0 Å². The Labute approximate surface area is 123 Å². The van der Waals surface area contributed by atoms with Crippen molar-refractivity contribution < 1.29 is 4.74 Å². The van der Waals surface area contributed by atoms with Crippen LogP contribution in [0.15, 0.2) is 4.99 Å². The van der Waals surface area contributed by atoms with Gasteiger partial charge in [-0.25, -0.2) is 0 Å². The lowest BCUT2D eigenvalue weighted by molar-refractivity contribution is 0.0468. The smallest absolute Gasteiger partial charge is 0.191 e. The minimum absolute atomic E-state index is 0.491. The first kappa shape index (κ1) is 15.6. The molecule has 2 aliphatic carbocycles. The molecule has 0 bridgehead atoms. The zero-order valence-electron chi connectivity index (χ0n) is 13.0. The van der Waals surface area contributed by atoms with Gasteiger partial charge in [0.05, 0.1) is 12.7 Å². The van der Waals surface area contributed by atoms with Crippen LogP contribution in [0.5, 0.6) is 0 Å². The average molecular weight is 281 g/mol. The normalized spacial score (nSPS) is 21.6. The zero-order valence-corrected chi connectivity index (χ0v) is 13.0. The van der Waals surface area contributed by atoms with Crippen LogP contribution in [-0.2, 0) is 4.74 Å². The molecule has 0 unspecified atom stereocenters. The molecule has 2 aliphatic rings. The van der Waals surface area contributed by atoms with E-state index in [1.807, 2.05) is 0 Å². The van der Waals surface area contributed by atoms with Crippen LogP contribution in [0.4, 0.5) is 0 Å². The van der Waals surface area contributed by atoms with Gasteiger partial charge in [0.25, 0.3) is 0 Å². The lowest BCUT2D eigenvalue weighted by Gasteiger charge is -2.16. The maximum Gasteiger partial charge on any atom is 0.191 e. The molecule has 0 spiro atoms.